The summed E-state index contributed by atoms with van der Waals surface area (Å²) >= 11 is 6.26. The van der Waals surface area contributed by atoms with Gasteiger partial charge in [0.1, 0.15) is 11.5 Å². The van der Waals surface area contributed by atoms with Gasteiger partial charge in [-0.2, -0.15) is 5.10 Å². The van der Waals surface area contributed by atoms with Crippen molar-refractivity contribution >= 4 is 17.5 Å². The van der Waals surface area contributed by atoms with E-state index in [-0.39, 0.29) is 17.1 Å². The van der Waals surface area contributed by atoms with Crippen LogP contribution in [-0.2, 0) is 23.0 Å². The van der Waals surface area contributed by atoms with Crippen LogP contribution in [-0.4, -0.2) is 35.4 Å². The third-order valence-electron chi connectivity index (χ3n) is 6.70. The quantitative estimate of drug-likeness (QED) is 0.612. The maximum absolute atomic E-state index is 14.4. The van der Waals surface area contributed by atoms with Crippen LogP contribution < -0.4 is 5.32 Å². The second-order valence-corrected chi connectivity index (χ2v) is 9.01. The summed E-state index contributed by atoms with van der Waals surface area (Å²) < 4.78 is 21.6. The summed E-state index contributed by atoms with van der Waals surface area (Å²) in [6.07, 6.45) is 4.10. The lowest BCUT2D eigenvalue weighted by Crippen LogP contribution is -2.44. The minimum Gasteiger partial charge on any atom is -0.381 e. The van der Waals surface area contributed by atoms with Gasteiger partial charge in [-0.15, -0.1) is 0 Å². The monoisotopic (exact) mass is 453 g/mol. The molecule has 0 saturated carbocycles. The fourth-order valence-electron chi connectivity index (χ4n) is 4.92. The van der Waals surface area contributed by atoms with Crippen molar-refractivity contribution in [3.05, 3.63) is 81.9 Å². The number of fused-ring (bicyclic) bond motifs is 1. The first kappa shape index (κ1) is 21.2. The molecule has 1 fully saturated rings. The van der Waals surface area contributed by atoms with E-state index in [1.807, 2.05) is 18.2 Å². The normalized spacial score (nSPS) is 17.2. The molecule has 1 aromatic heterocycles. The zero-order valence-electron chi connectivity index (χ0n) is 17.7. The molecule has 1 N–H and O–H groups in total. The summed E-state index contributed by atoms with van der Waals surface area (Å²) in [6, 6.07) is 14.4. The molecule has 3 aromatic rings. The largest absolute Gasteiger partial charge is 0.381 e. The Labute approximate surface area is 191 Å². The molecule has 1 saturated heterocycles. The zero-order chi connectivity index (χ0) is 22.1. The van der Waals surface area contributed by atoms with Crippen molar-refractivity contribution < 1.29 is 13.9 Å². The number of hydrogen-bond acceptors (Lipinski definition) is 3. The highest BCUT2D eigenvalue weighted by molar-refractivity contribution is 6.30. The molecule has 0 spiro atoms. The van der Waals surface area contributed by atoms with Crippen molar-refractivity contribution in [3.8, 4) is 5.69 Å². The number of amides is 1. The van der Waals surface area contributed by atoms with Crippen LogP contribution in [0, 0.1) is 5.82 Å². The molecule has 0 atom stereocenters. The number of carbonyl (C=O) groups is 1. The highest BCUT2D eigenvalue weighted by Gasteiger charge is 2.36. The van der Waals surface area contributed by atoms with Crippen LogP contribution in [0.25, 0.3) is 5.69 Å². The van der Waals surface area contributed by atoms with Gasteiger partial charge < -0.3 is 10.1 Å². The van der Waals surface area contributed by atoms with Crippen molar-refractivity contribution in [2.45, 2.75) is 37.5 Å². The Morgan fingerprint density at radius 2 is 1.97 bits per heavy atom. The lowest BCUT2D eigenvalue weighted by molar-refractivity contribution is 0.0486. The first-order chi connectivity index (χ1) is 15.6. The highest BCUT2D eigenvalue weighted by Crippen LogP contribution is 2.36. The minimum atomic E-state index is -0.348. The lowest BCUT2D eigenvalue weighted by atomic mass is 9.74. The van der Waals surface area contributed by atoms with Crippen molar-refractivity contribution in [1.82, 2.24) is 15.1 Å². The van der Waals surface area contributed by atoms with E-state index < -0.39 is 0 Å². The standard InChI is InChI=1S/C25H25ClFN3O2/c26-18-6-3-5-17(15-18)25(11-13-32-14-12-25)16-28-24(31)23-19-7-4-10-21(19)30(29-23)22-9-2-1-8-20(22)27/h1-3,5-6,8-9,15H,4,7,10-14,16H2,(H,28,31). The molecule has 0 unspecified atom stereocenters. The molecule has 1 aliphatic carbocycles. The second kappa shape index (κ2) is 8.68. The van der Waals surface area contributed by atoms with Crippen molar-refractivity contribution in [2.75, 3.05) is 19.8 Å². The molecule has 5 nitrogen and oxygen atoms in total. The first-order valence-electron chi connectivity index (χ1n) is 11.1. The molecule has 166 valence electrons. The van der Waals surface area contributed by atoms with Gasteiger partial charge in [0.25, 0.3) is 5.91 Å². The third-order valence-corrected chi connectivity index (χ3v) is 6.94. The Bertz CT molecular complexity index is 1150. The van der Waals surface area contributed by atoms with Crippen LogP contribution in [0.1, 0.15) is 46.6 Å². The van der Waals surface area contributed by atoms with Crippen LogP contribution in [0.2, 0.25) is 5.02 Å². The van der Waals surface area contributed by atoms with Crippen molar-refractivity contribution in [2.24, 2.45) is 0 Å². The molecular weight excluding hydrogens is 429 g/mol. The average Bonchev–Trinajstić information content (AvgIpc) is 3.42. The number of nitrogens with zero attached hydrogens (tertiary/aromatic N) is 2. The number of para-hydroxylation sites is 1. The number of rotatable bonds is 5. The molecule has 2 aliphatic rings. The Balaban J connectivity index is 1.43. The molecule has 32 heavy (non-hydrogen) atoms. The van der Waals surface area contributed by atoms with E-state index in [1.165, 1.54) is 6.07 Å². The zero-order valence-corrected chi connectivity index (χ0v) is 18.5. The van der Waals surface area contributed by atoms with Gasteiger partial charge >= 0.3 is 0 Å². The van der Waals surface area contributed by atoms with Gasteiger partial charge in [0.15, 0.2) is 5.69 Å². The summed E-state index contributed by atoms with van der Waals surface area (Å²) in [6.45, 7) is 1.75. The fraction of sp³-hybridized carbons (Fsp3) is 0.360. The summed E-state index contributed by atoms with van der Waals surface area (Å²) in [7, 11) is 0. The smallest absolute Gasteiger partial charge is 0.272 e. The number of halogens is 2. The second-order valence-electron chi connectivity index (χ2n) is 8.58. The Hall–Kier alpha value is -2.70. The van der Waals surface area contributed by atoms with E-state index in [1.54, 1.807) is 22.9 Å². The van der Waals surface area contributed by atoms with Gasteiger partial charge in [0.2, 0.25) is 0 Å². The third kappa shape index (κ3) is 3.82. The molecule has 5 rings (SSSR count). The fourth-order valence-corrected chi connectivity index (χ4v) is 5.11. The predicted molar refractivity (Wildman–Crippen MR) is 121 cm³/mol. The number of hydrogen-bond donors (Lipinski definition) is 1. The maximum Gasteiger partial charge on any atom is 0.272 e. The number of benzene rings is 2. The lowest BCUT2D eigenvalue weighted by Gasteiger charge is -2.38. The van der Waals surface area contributed by atoms with Crippen LogP contribution >= 0.6 is 11.6 Å². The van der Waals surface area contributed by atoms with Crippen molar-refractivity contribution in [1.29, 1.82) is 0 Å². The number of nitrogens with one attached hydrogen (secondary N) is 1. The number of aromatic nitrogens is 2. The van der Waals surface area contributed by atoms with E-state index >= 15 is 0 Å². The van der Waals surface area contributed by atoms with Crippen LogP contribution in [0.4, 0.5) is 4.39 Å². The van der Waals surface area contributed by atoms with Crippen LogP contribution in [0.3, 0.4) is 0 Å². The molecule has 2 heterocycles. The summed E-state index contributed by atoms with van der Waals surface area (Å²) in [4.78, 5) is 13.3. The summed E-state index contributed by atoms with van der Waals surface area (Å²) in [5, 5.41) is 8.37. The first-order valence-corrected chi connectivity index (χ1v) is 11.4. The summed E-state index contributed by atoms with van der Waals surface area (Å²) in [5.41, 5.74) is 3.50. The van der Waals surface area contributed by atoms with Gasteiger partial charge in [0.05, 0.1) is 0 Å². The van der Waals surface area contributed by atoms with E-state index in [9.17, 15) is 9.18 Å². The highest BCUT2D eigenvalue weighted by atomic mass is 35.5. The molecule has 0 bridgehead atoms. The molecular formula is C25H25ClFN3O2. The molecule has 0 radical (unpaired) electrons. The van der Waals surface area contributed by atoms with Gasteiger partial charge in [-0.3, -0.25) is 4.79 Å². The number of ether oxygens (including phenoxy) is 1. The van der Waals surface area contributed by atoms with E-state index in [2.05, 4.69) is 16.5 Å². The van der Waals surface area contributed by atoms with E-state index in [0.29, 0.717) is 36.2 Å². The Kier molecular flexibility index (Phi) is 5.74. The van der Waals surface area contributed by atoms with Crippen LogP contribution in [0.5, 0.6) is 0 Å². The number of carbonyl (C=O) groups excluding carboxylic acids is 1. The molecule has 1 aliphatic heterocycles. The van der Waals surface area contributed by atoms with Gasteiger partial charge in [-0.1, -0.05) is 35.9 Å². The van der Waals surface area contributed by atoms with Crippen LogP contribution in [0.15, 0.2) is 48.5 Å². The van der Waals surface area contributed by atoms with E-state index in [4.69, 9.17) is 16.3 Å². The van der Waals surface area contributed by atoms with Gasteiger partial charge in [0, 0.05) is 41.5 Å². The van der Waals surface area contributed by atoms with Gasteiger partial charge in [-0.25, -0.2) is 9.07 Å². The molecule has 2 aromatic carbocycles. The molecule has 1 amide bonds. The molecule has 7 heteroatoms. The Morgan fingerprint density at radius 3 is 2.75 bits per heavy atom. The van der Waals surface area contributed by atoms with Gasteiger partial charge in [-0.05, 0) is 61.9 Å². The minimum absolute atomic E-state index is 0.217. The van der Waals surface area contributed by atoms with E-state index in [0.717, 1.165) is 48.9 Å². The summed E-state index contributed by atoms with van der Waals surface area (Å²) in [5.74, 6) is -0.565. The topological polar surface area (TPSA) is 56.1 Å². The van der Waals surface area contributed by atoms with Crippen molar-refractivity contribution in [3.63, 3.8) is 0 Å². The SMILES string of the molecule is O=C(NCC1(c2cccc(Cl)c2)CCOCC1)c1nn(-c2ccccc2F)c2c1CCC2. The average molecular weight is 454 g/mol. The predicted octanol–water partition coefficient (Wildman–Crippen LogP) is 4.63. The maximum atomic E-state index is 14.4. The Morgan fingerprint density at radius 1 is 1.16 bits per heavy atom.